The summed E-state index contributed by atoms with van der Waals surface area (Å²) in [5.74, 6) is 1.52. The molecule has 2 heterocycles. The van der Waals surface area contributed by atoms with Crippen molar-refractivity contribution in [1.29, 1.82) is 0 Å². The first kappa shape index (κ1) is 16.7. The maximum absolute atomic E-state index is 12.1. The molecule has 0 radical (unpaired) electrons. The van der Waals surface area contributed by atoms with Crippen molar-refractivity contribution >= 4 is 18.3 Å². The molecule has 0 aromatic rings. The van der Waals surface area contributed by atoms with Gasteiger partial charge >= 0.3 is 0 Å². The number of nitrogens with one attached hydrogen (secondary N) is 2. The predicted octanol–water partition coefficient (Wildman–Crippen LogP) is 1.25. The minimum Gasteiger partial charge on any atom is -0.354 e. The van der Waals surface area contributed by atoms with Gasteiger partial charge in [-0.1, -0.05) is 13.8 Å². The third-order valence-electron chi connectivity index (χ3n) is 4.36. The number of hydrogen-bond acceptors (Lipinski definition) is 3. The highest BCUT2D eigenvalue weighted by Gasteiger charge is 2.26. The van der Waals surface area contributed by atoms with Crippen LogP contribution in [0.25, 0.3) is 0 Å². The summed E-state index contributed by atoms with van der Waals surface area (Å²) in [6, 6.07) is 0.0393. The van der Waals surface area contributed by atoms with Crippen molar-refractivity contribution < 1.29 is 4.79 Å². The minimum absolute atomic E-state index is 0. The number of carbonyl (C=O) groups excluding carboxylic acids is 1. The first-order chi connectivity index (χ1) is 8.69. The maximum atomic E-state index is 12.1. The number of rotatable bonds is 4. The first-order valence-corrected chi connectivity index (χ1v) is 7.42. The number of amides is 1. The highest BCUT2D eigenvalue weighted by Crippen LogP contribution is 2.16. The van der Waals surface area contributed by atoms with E-state index in [1.165, 1.54) is 19.4 Å². The van der Waals surface area contributed by atoms with Gasteiger partial charge in [0.15, 0.2) is 0 Å². The zero-order valence-electron chi connectivity index (χ0n) is 12.2. The van der Waals surface area contributed by atoms with Crippen LogP contribution in [-0.2, 0) is 4.79 Å². The Morgan fingerprint density at radius 1 is 1.42 bits per heavy atom. The fraction of sp³-hybridized carbons (Fsp3) is 0.929. The Bertz CT molecular complexity index is 288. The second-order valence-electron chi connectivity index (χ2n) is 5.93. The molecule has 0 aliphatic carbocycles. The van der Waals surface area contributed by atoms with Crippen molar-refractivity contribution in [1.82, 2.24) is 15.5 Å². The van der Waals surface area contributed by atoms with Gasteiger partial charge in [-0.25, -0.2) is 0 Å². The number of carbonyl (C=O) groups is 1. The maximum Gasteiger partial charge on any atom is 0.237 e. The molecule has 3 atom stereocenters. The molecular weight excluding hydrogens is 262 g/mol. The van der Waals surface area contributed by atoms with Crippen LogP contribution in [0.2, 0.25) is 0 Å². The molecule has 2 rings (SSSR count). The van der Waals surface area contributed by atoms with Crippen LogP contribution >= 0.6 is 12.4 Å². The summed E-state index contributed by atoms with van der Waals surface area (Å²) in [6.45, 7) is 9.73. The van der Waals surface area contributed by atoms with E-state index in [0.29, 0.717) is 11.8 Å². The molecule has 5 heteroatoms. The average molecular weight is 290 g/mol. The molecule has 2 saturated heterocycles. The van der Waals surface area contributed by atoms with E-state index in [1.807, 2.05) is 0 Å². The number of piperidine rings is 1. The summed E-state index contributed by atoms with van der Waals surface area (Å²) >= 11 is 0. The van der Waals surface area contributed by atoms with Crippen LogP contribution in [-0.4, -0.2) is 49.6 Å². The normalized spacial score (nSPS) is 31.8. The van der Waals surface area contributed by atoms with E-state index in [1.54, 1.807) is 0 Å². The van der Waals surface area contributed by atoms with E-state index >= 15 is 0 Å². The molecule has 0 saturated carbocycles. The van der Waals surface area contributed by atoms with Crippen LogP contribution in [0, 0.1) is 11.8 Å². The van der Waals surface area contributed by atoms with Crippen molar-refractivity contribution in [3.05, 3.63) is 0 Å². The third kappa shape index (κ3) is 4.93. The zero-order chi connectivity index (χ0) is 13.0. The van der Waals surface area contributed by atoms with Gasteiger partial charge in [0.05, 0.1) is 6.04 Å². The molecule has 19 heavy (non-hydrogen) atoms. The Hall–Kier alpha value is -0.320. The molecule has 0 bridgehead atoms. The van der Waals surface area contributed by atoms with Gasteiger partial charge in [-0.3, -0.25) is 4.79 Å². The third-order valence-corrected chi connectivity index (χ3v) is 4.36. The summed E-state index contributed by atoms with van der Waals surface area (Å²) in [6.07, 6.45) is 3.40. The molecule has 0 aromatic heterocycles. The molecule has 2 aliphatic heterocycles. The van der Waals surface area contributed by atoms with Crippen molar-refractivity contribution in [2.45, 2.75) is 39.2 Å². The fourth-order valence-corrected chi connectivity index (χ4v) is 3.04. The lowest BCUT2D eigenvalue weighted by Crippen LogP contribution is -2.49. The van der Waals surface area contributed by atoms with Gasteiger partial charge in [0.25, 0.3) is 0 Å². The molecule has 2 fully saturated rings. The van der Waals surface area contributed by atoms with Crippen molar-refractivity contribution in [3.63, 3.8) is 0 Å². The standard InChI is InChI=1S/C14H27N3O.ClH/c1-3-17-7-5-12(10-17)9-16-14(18)13-8-11(2)4-6-15-13;/h11-13,15H,3-10H2,1-2H3,(H,16,18);1H. The monoisotopic (exact) mass is 289 g/mol. The van der Waals surface area contributed by atoms with Crippen LogP contribution in [0.4, 0.5) is 0 Å². The van der Waals surface area contributed by atoms with Gasteiger partial charge in [-0.05, 0) is 50.7 Å². The Labute approximate surface area is 123 Å². The van der Waals surface area contributed by atoms with Gasteiger partial charge in [-0.15, -0.1) is 12.4 Å². The molecule has 0 spiro atoms. The lowest BCUT2D eigenvalue weighted by molar-refractivity contribution is -0.124. The number of hydrogen-bond donors (Lipinski definition) is 2. The Morgan fingerprint density at radius 2 is 2.21 bits per heavy atom. The lowest BCUT2D eigenvalue weighted by Gasteiger charge is -2.27. The number of halogens is 1. The molecule has 1 amide bonds. The summed E-state index contributed by atoms with van der Waals surface area (Å²) in [5, 5.41) is 6.45. The van der Waals surface area contributed by atoms with Crippen LogP contribution in [0.15, 0.2) is 0 Å². The summed E-state index contributed by atoms with van der Waals surface area (Å²) in [7, 11) is 0. The summed E-state index contributed by atoms with van der Waals surface area (Å²) in [4.78, 5) is 14.5. The van der Waals surface area contributed by atoms with Crippen molar-refractivity contribution in [2.24, 2.45) is 11.8 Å². The molecule has 2 N–H and O–H groups in total. The van der Waals surface area contributed by atoms with E-state index in [2.05, 4.69) is 29.4 Å². The molecule has 4 nitrogen and oxygen atoms in total. The van der Waals surface area contributed by atoms with Gasteiger partial charge in [0.2, 0.25) is 5.91 Å². The molecule has 2 aliphatic rings. The van der Waals surface area contributed by atoms with E-state index in [0.717, 1.165) is 32.6 Å². The quantitative estimate of drug-likeness (QED) is 0.819. The van der Waals surface area contributed by atoms with Gasteiger partial charge < -0.3 is 15.5 Å². The van der Waals surface area contributed by atoms with Gasteiger partial charge in [0, 0.05) is 13.1 Å². The van der Waals surface area contributed by atoms with Crippen LogP contribution in [0.1, 0.15) is 33.1 Å². The van der Waals surface area contributed by atoms with Crippen LogP contribution < -0.4 is 10.6 Å². The number of likely N-dealkylation sites (tertiary alicyclic amines) is 1. The van der Waals surface area contributed by atoms with Crippen molar-refractivity contribution in [2.75, 3.05) is 32.7 Å². The first-order valence-electron chi connectivity index (χ1n) is 7.42. The Kier molecular flexibility index (Phi) is 7.11. The SMILES string of the molecule is CCN1CCC(CNC(=O)C2CC(C)CCN2)C1.Cl. The minimum atomic E-state index is 0. The second kappa shape index (κ2) is 8.08. The smallest absolute Gasteiger partial charge is 0.237 e. The van der Waals surface area contributed by atoms with Crippen LogP contribution in [0.5, 0.6) is 0 Å². The summed E-state index contributed by atoms with van der Waals surface area (Å²) < 4.78 is 0. The largest absolute Gasteiger partial charge is 0.354 e. The zero-order valence-corrected chi connectivity index (χ0v) is 13.0. The lowest BCUT2D eigenvalue weighted by atomic mass is 9.94. The Balaban J connectivity index is 0.00000180. The predicted molar refractivity (Wildman–Crippen MR) is 80.7 cm³/mol. The highest BCUT2D eigenvalue weighted by atomic mass is 35.5. The summed E-state index contributed by atoms with van der Waals surface area (Å²) in [5.41, 5.74) is 0. The van der Waals surface area contributed by atoms with Crippen molar-refractivity contribution in [3.8, 4) is 0 Å². The van der Waals surface area contributed by atoms with Gasteiger partial charge in [0.1, 0.15) is 0 Å². The fourth-order valence-electron chi connectivity index (χ4n) is 3.04. The molecule has 3 unspecified atom stereocenters. The number of nitrogens with zero attached hydrogens (tertiary/aromatic N) is 1. The molecule has 112 valence electrons. The Morgan fingerprint density at radius 3 is 2.84 bits per heavy atom. The van der Waals surface area contributed by atoms with E-state index in [-0.39, 0.29) is 24.4 Å². The molecule has 0 aromatic carbocycles. The average Bonchev–Trinajstić information content (AvgIpc) is 2.84. The second-order valence-corrected chi connectivity index (χ2v) is 5.93. The molecular formula is C14H28ClN3O. The highest BCUT2D eigenvalue weighted by molar-refractivity contribution is 5.85. The van der Waals surface area contributed by atoms with E-state index in [4.69, 9.17) is 0 Å². The van der Waals surface area contributed by atoms with E-state index < -0.39 is 0 Å². The van der Waals surface area contributed by atoms with Crippen LogP contribution in [0.3, 0.4) is 0 Å². The van der Waals surface area contributed by atoms with E-state index in [9.17, 15) is 4.79 Å². The topological polar surface area (TPSA) is 44.4 Å². The van der Waals surface area contributed by atoms with Gasteiger partial charge in [-0.2, -0.15) is 0 Å².